The van der Waals surface area contributed by atoms with Crippen LogP contribution in [0.25, 0.3) is 0 Å². The van der Waals surface area contributed by atoms with Crippen LogP contribution in [-0.4, -0.2) is 47.6 Å². The second-order valence-electron chi connectivity index (χ2n) is 5.78. The van der Waals surface area contributed by atoms with Gasteiger partial charge in [0, 0.05) is 23.1 Å². The molecule has 1 fully saturated rings. The number of hydrogen-bond donors (Lipinski definition) is 1. The summed E-state index contributed by atoms with van der Waals surface area (Å²) in [6.07, 6.45) is 3.85. The molecule has 1 unspecified atom stereocenters. The Morgan fingerprint density at radius 3 is 2.76 bits per heavy atom. The summed E-state index contributed by atoms with van der Waals surface area (Å²) in [5, 5.41) is 3.51. The minimum Gasteiger partial charge on any atom is -0.317 e. The van der Waals surface area contributed by atoms with E-state index in [4.69, 9.17) is 0 Å². The largest absolute Gasteiger partial charge is 0.317 e. The van der Waals surface area contributed by atoms with Gasteiger partial charge in [-0.1, -0.05) is 20.8 Å². The van der Waals surface area contributed by atoms with E-state index in [1.165, 1.54) is 44.6 Å². The quantitative estimate of drug-likeness (QED) is 0.737. The van der Waals surface area contributed by atoms with Crippen molar-refractivity contribution < 1.29 is 0 Å². The highest BCUT2D eigenvalue weighted by atomic mass is 32.2. The third kappa shape index (κ3) is 6.12. The lowest BCUT2D eigenvalue weighted by Gasteiger charge is -2.28. The van der Waals surface area contributed by atoms with Gasteiger partial charge in [-0.05, 0) is 45.8 Å². The fourth-order valence-corrected chi connectivity index (χ4v) is 3.39. The summed E-state index contributed by atoms with van der Waals surface area (Å²) in [4.78, 5) is 2.68. The first-order valence-corrected chi connectivity index (χ1v) is 8.12. The Kier molecular flexibility index (Phi) is 6.90. The van der Waals surface area contributed by atoms with Crippen molar-refractivity contribution in [1.82, 2.24) is 10.2 Å². The van der Waals surface area contributed by atoms with E-state index in [2.05, 4.69) is 49.7 Å². The zero-order valence-corrected chi connectivity index (χ0v) is 12.9. The Hall–Kier alpha value is 0.270. The molecule has 0 aromatic carbocycles. The minimum absolute atomic E-state index is 0.481. The lowest BCUT2D eigenvalue weighted by molar-refractivity contribution is 0.207. The number of thioether (sulfide) groups is 1. The van der Waals surface area contributed by atoms with E-state index in [0.29, 0.717) is 4.75 Å². The maximum Gasteiger partial charge on any atom is 0.0116 e. The van der Waals surface area contributed by atoms with E-state index in [9.17, 15) is 0 Å². The molecule has 0 bridgehead atoms. The van der Waals surface area contributed by atoms with Crippen molar-refractivity contribution in [3.63, 3.8) is 0 Å². The molecule has 3 heteroatoms. The molecule has 0 aromatic rings. The number of nitrogens with zero attached hydrogens (tertiary/aromatic N) is 1. The second-order valence-corrected chi connectivity index (χ2v) is 7.58. The van der Waals surface area contributed by atoms with Crippen LogP contribution in [0.2, 0.25) is 0 Å². The Morgan fingerprint density at radius 1 is 1.29 bits per heavy atom. The molecule has 1 heterocycles. The predicted molar refractivity (Wildman–Crippen MR) is 80.0 cm³/mol. The lowest BCUT2D eigenvalue weighted by Crippen LogP contribution is -2.37. The van der Waals surface area contributed by atoms with Crippen LogP contribution >= 0.6 is 11.8 Å². The molecular formula is C14H30N2S. The average Bonchev–Trinajstić information content (AvgIpc) is 2.45. The molecule has 0 radical (unpaired) electrons. The van der Waals surface area contributed by atoms with Crippen molar-refractivity contribution in [3.8, 4) is 0 Å². The molecule has 2 nitrogen and oxygen atoms in total. The highest BCUT2D eigenvalue weighted by Crippen LogP contribution is 2.31. The van der Waals surface area contributed by atoms with Gasteiger partial charge in [0.2, 0.25) is 0 Å². The zero-order valence-electron chi connectivity index (χ0n) is 12.1. The maximum atomic E-state index is 3.51. The molecular weight excluding hydrogens is 228 g/mol. The topological polar surface area (TPSA) is 15.3 Å². The van der Waals surface area contributed by atoms with Gasteiger partial charge in [-0.15, -0.1) is 0 Å². The summed E-state index contributed by atoms with van der Waals surface area (Å²) < 4.78 is 0.481. The molecule has 0 spiro atoms. The number of rotatable bonds is 6. The molecule has 102 valence electrons. The van der Waals surface area contributed by atoms with Crippen molar-refractivity contribution in [1.29, 1.82) is 0 Å². The summed E-state index contributed by atoms with van der Waals surface area (Å²) in [6, 6.07) is 0.730. The van der Waals surface area contributed by atoms with Crippen LogP contribution in [-0.2, 0) is 0 Å². The molecule has 0 aromatic heterocycles. The maximum absolute atomic E-state index is 3.51. The fourth-order valence-electron chi connectivity index (χ4n) is 2.27. The summed E-state index contributed by atoms with van der Waals surface area (Å²) in [5.74, 6) is 1.29. The van der Waals surface area contributed by atoms with Crippen LogP contribution in [0.3, 0.4) is 0 Å². The van der Waals surface area contributed by atoms with Crippen molar-refractivity contribution in [2.75, 3.05) is 31.9 Å². The van der Waals surface area contributed by atoms with E-state index in [0.717, 1.165) is 12.6 Å². The molecule has 1 N–H and O–H groups in total. The Balaban J connectivity index is 2.24. The van der Waals surface area contributed by atoms with Gasteiger partial charge in [0.25, 0.3) is 0 Å². The molecule has 0 amide bonds. The summed E-state index contributed by atoms with van der Waals surface area (Å²) in [6.45, 7) is 14.3. The average molecular weight is 258 g/mol. The Morgan fingerprint density at radius 2 is 2.06 bits per heavy atom. The molecule has 1 aliphatic heterocycles. The second kappa shape index (κ2) is 7.65. The standard InChI is InChI=1S/C14H30N2S/c1-5-8-15-9-6-13(2)16-10-7-14(3,4)17-12-11-16/h13,15H,5-12H2,1-4H3. The fraction of sp³-hybridized carbons (Fsp3) is 1.00. The van der Waals surface area contributed by atoms with Crippen LogP contribution in [0.4, 0.5) is 0 Å². The normalized spacial score (nSPS) is 23.3. The van der Waals surface area contributed by atoms with Gasteiger partial charge in [-0.3, -0.25) is 4.90 Å². The van der Waals surface area contributed by atoms with Crippen LogP contribution in [0.15, 0.2) is 0 Å². The highest BCUT2D eigenvalue weighted by Gasteiger charge is 2.25. The van der Waals surface area contributed by atoms with Crippen molar-refractivity contribution in [2.24, 2.45) is 0 Å². The van der Waals surface area contributed by atoms with Gasteiger partial charge >= 0.3 is 0 Å². The number of hydrogen-bond acceptors (Lipinski definition) is 3. The van der Waals surface area contributed by atoms with Crippen LogP contribution in [0.1, 0.15) is 47.0 Å². The summed E-state index contributed by atoms with van der Waals surface area (Å²) in [5.41, 5.74) is 0. The molecule has 0 aliphatic carbocycles. The lowest BCUT2D eigenvalue weighted by atomic mass is 10.1. The molecule has 1 saturated heterocycles. The monoisotopic (exact) mass is 258 g/mol. The smallest absolute Gasteiger partial charge is 0.0116 e. The Bertz CT molecular complexity index is 206. The van der Waals surface area contributed by atoms with Gasteiger partial charge in [-0.2, -0.15) is 11.8 Å². The van der Waals surface area contributed by atoms with E-state index < -0.39 is 0 Å². The Labute approximate surface area is 112 Å². The van der Waals surface area contributed by atoms with Crippen molar-refractivity contribution in [2.45, 2.75) is 57.7 Å². The molecule has 0 saturated carbocycles. The van der Waals surface area contributed by atoms with E-state index in [1.807, 2.05) is 0 Å². The number of nitrogens with one attached hydrogen (secondary N) is 1. The van der Waals surface area contributed by atoms with Crippen LogP contribution in [0.5, 0.6) is 0 Å². The minimum atomic E-state index is 0.481. The van der Waals surface area contributed by atoms with E-state index in [1.54, 1.807) is 0 Å². The van der Waals surface area contributed by atoms with E-state index in [-0.39, 0.29) is 0 Å². The third-order valence-electron chi connectivity index (χ3n) is 3.66. The first-order valence-electron chi connectivity index (χ1n) is 7.14. The van der Waals surface area contributed by atoms with Crippen LogP contribution in [0, 0.1) is 0 Å². The van der Waals surface area contributed by atoms with Gasteiger partial charge in [0.1, 0.15) is 0 Å². The third-order valence-corrected chi connectivity index (χ3v) is 5.03. The highest BCUT2D eigenvalue weighted by molar-refractivity contribution is 8.00. The van der Waals surface area contributed by atoms with Crippen molar-refractivity contribution >= 4 is 11.8 Å². The van der Waals surface area contributed by atoms with E-state index >= 15 is 0 Å². The van der Waals surface area contributed by atoms with Crippen LogP contribution < -0.4 is 5.32 Å². The molecule has 1 rings (SSSR count). The van der Waals surface area contributed by atoms with Gasteiger partial charge in [0.05, 0.1) is 0 Å². The molecule has 1 aliphatic rings. The van der Waals surface area contributed by atoms with Gasteiger partial charge < -0.3 is 5.32 Å². The predicted octanol–water partition coefficient (Wildman–Crippen LogP) is 2.98. The molecule has 1 atom stereocenters. The summed E-state index contributed by atoms with van der Waals surface area (Å²) in [7, 11) is 0. The van der Waals surface area contributed by atoms with Crippen molar-refractivity contribution in [3.05, 3.63) is 0 Å². The van der Waals surface area contributed by atoms with Gasteiger partial charge in [-0.25, -0.2) is 0 Å². The first kappa shape index (κ1) is 15.3. The molecule has 17 heavy (non-hydrogen) atoms. The van der Waals surface area contributed by atoms with Gasteiger partial charge in [0.15, 0.2) is 0 Å². The SMILES string of the molecule is CCCNCCC(C)N1CCSC(C)(C)CC1. The summed E-state index contributed by atoms with van der Waals surface area (Å²) >= 11 is 2.14. The zero-order chi connectivity index (χ0) is 12.7. The first-order chi connectivity index (χ1) is 8.05.